The van der Waals surface area contributed by atoms with E-state index in [1.54, 1.807) is 18.5 Å². The quantitative estimate of drug-likeness (QED) is 0.510. The van der Waals surface area contributed by atoms with Crippen LogP contribution < -0.4 is 4.31 Å². The molecule has 0 saturated heterocycles. The molecule has 0 radical (unpaired) electrons. The molecule has 0 bridgehead atoms. The van der Waals surface area contributed by atoms with E-state index >= 15 is 0 Å². The average molecular weight is 451 g/mol. The predicted octanol–water partition coefficient (Wildman–Crippen LogP) is 3.22. The molecule has 8 nitrogen and oxygen atoms in total. The molecule has 3 aromatic rings. The van der Waals surface area contributed by atoms with Gasteiger partial charge >= 0.3 is 0 Å². The summed E-state index contributed by atoms with van der Waals surface area (Å²) < 4.78 is 40.5. The molecule has 0 aliphatic carbocycles. The van der Waals surface area contributed by atoms with Crippen LogP contribution in [0, 0.1) is 5.82 Å². The van der Waals surface area contributed by atoms with E-state index in [2.05, 4.69) is 20.2 Å². The van der Waals surface area contributed by atoms with E-state index in [-0.39, 0.29) is 17.7 Å². The van der Waals surface area contributed by atoms with Gasteiger partial charge in [-0.15, -0.1) is 10.2 Å². The van der Waals surface area contributed by atoms with Gasteiger partial charge in [-0.05, 0) is 30.2 Å². The number of thioether (sulfide) groups is 1. The summed E-state index contributed by atoms with van der Waals surface area (Å²) in [5.74, 6) is 0.220. The standard InChI is InChI=1S/C19H23FN6O2S2/c1-12(2)16-15(10-29-19-24-21-11-25(19)3)17(13-6-8-14(20)9-7-13)23-18(22-16)26(4)30(5,27)28/h6-9,11-12H,10H2,1-5H3. The number of nitrogens with zero attached hydrogens (tertiary/aromatic N) is 6. The Hall–Kier alpha value is -2.53. The summed E-state index contributed by atoms with van der Waals surface area (Å²) in [4.78, 5) is 9.13. The van der Waals surface area contributed by atoms with Crippen molar-refractivity contribution in [3.8, 4) is 11.3 Å². The molecule has 0 fully saturated rings. The van der Waals surface area contributed by atoms with Gasteiger partial charge in [0.2, 0.25) is 16.0 Å². The monoisotopic (exact) mass is 450 g/mol. The Morgan fingerprint density at radius 3 is 2.40 bits per heavy atom. The van der Waals surface area contributed by atoms with E-state index in [9.17, 15) is 12.8 Å². The van der Waals surface area contributed by atoms with Gasteiger partial charge < -0.3 is 4.57 Å². The third-order valence-corrected chi connectivity index (χ3v) is 6.71. The first-order chi connectivity index (χ1) is 14.1. The summed E-state index contributed by atoms with van der Waals surface area (Å²) >= 11 is 1.47. The third kappa shape index (κ3) is 4.78. The van der Waals surface area contributed by atoms with Gasteiger partial charge in [0, 0.05) is 31.0 Å². The summed E-state index contributed by atoms with van der Waals surface area (Å²) in [6.45, 7) is 3.97. The summed E-state index contributed by atoms with van der Waals surface area (Å²) in [6, 6.07) is 5.96. The van der Waals surface area contributed by atoms with Crippen LogP contribution in [0.25, 0.3) is 11.3 Å². The molecule has 0 aliphatic rings. The van der Waals surface area contributed by atoms with E-state index in [0.717, 1.165) is 27.0 Å². The van der Waals surface area contributed by atoms with Gasteiger partial charge in [-0.3, -0.25) is 0 Å². The molecule has 0 atom stereocenters. The molecule has 0 spiro atoms. The number of aromatic nitrogens is 5. The van der Waals surface area contributed by atoms with Crippen molar-refractivity contribution in [3.63, 3.8) is 0 Å². The largest absolute Gasteiger partial charge is 0.312 e. The third-order valence-electron chi connectivity index (χ3n) is 4.49. The van der Waals surface area contributed by atoms with Crippen molar-refractivity contribution in [2.45, 2.75) is 30.7 Å². The number of benzene rings is 1. The first-order valence-corrected chi connectivity index (χ1v) is 12.0. The normalized spacial score (nSPS) is 11.8. The first-order valence-electron chi connectivity index (χ1n) is 9.15. The van der Waals surface area contributed by atoms with E-state index in [0.29, 0.717) is 17.0 Å². The highest BCUT2D eigenvalue weighted by atomic mass is 32.2. The maximum atomic E-state index is 13.5. The number of hydrogen-bond donors (Lipinski definition) is 0. The van der Waals surface area contributed by atoms with Crippen LogP contribution in [0.1, 0.15) is 31.0 Å². The van der Waals surface area contributed by atoms with Crippen LogP contribution in [0.3, 0.4) is 0 Å². The van der Waals surface area contributed by atoms with Crippen LogP contribution in [0.2, 0.25) is 0 Å². The highest BCUT2D eigenvalue weighted by Gasteiger charge is 2.23. The van der Waals surface area contributed by atoms with Gasteiger partial charge in [0.15, 0.2) is 5.16 Å². The predicted molar refractivity (Wildman–Crippen MR) is 115 cm³/mol. The van der Waals surface area contributed by atoms with Crippen LogP contribution in [-0.2, 0) is 22.8 Å². The fraction of sp³-hybridized carbons (Fsp3) is 0.368. The molecule has 0 amide bonds. The van der Waals surface area contributed by atoms with Crippen molar-refractivity contribution in [1.29, 1.82) is 0 Å². The lowest BCUT2D eigenvalue weighted by Gasteiger charge is -2.21. The lowest BCUT2D eigenvalue weighted by molar-refractivity contribution is 0.599. The minimum atomic E-state index is -3.55. The molecular formula is C19H23FN6O2S2. The molecule has 30 heavy (non-hydrogen) atoms. The van der Waals surface area contributed by atoms with Gasteiger partial charge in [-0.2, -0.15) is 0 Å². The molecule has 2 aromatic heterocycles. The van der Waals surface area contributed by atoms with E-state index in [1.165, 1.54) is 30.9 Å². The molecule has 2 heterocycles. The molecule has 0 saturated carbocycles. The Morgan fingerprint density at radius 2 is 1.87 bits per heavy atom. The summed E-state index contributed by atoms with van der Waals surface area (Å²) in [5.41, 5.74) is 2.81. The Kier molecular flexibility index (Phi) is 6.41. The second kappa shape index (κ2) is 8.68. The Bertz CT molecular complexity index is 1150. The van der Waals surface area contributed by atoms with Gasteiger partial charge in [-0.1, -0.05) is 25.6 Å². The van der Waals surface area contributed by atoms with Crippen LogP contribution in [0.15, 0.2) is 35.7 Å². The molecule has 160 valence electrons. The number of aryl methyl sites for hydroxylation is 1. The highest BCUT2D eigenvalue weighted by Crippen LogP contribution is 2.34. The fourth-order valence-corrected chi connectivity index (χ4v) is 4.08. The molecule has 1 aromatic carbocycles. The lowest BCUT2D eigenvalue weighted by atomic mass is 9.99. The number of anilines is 1. The Balaban J connectivity index is 2.18. The highest BCUT2D eigenvalue weighted by molar-refractivity contribution is 7.98. The molecule has 3 rings (SSSR count). The lowest BCUT2D eigenvalue weighted by Crippen LogP contribution is -2.27. The van der Waals surface area contributed by atoms with Crippen LogP contribution in [-0.4, -0.2) is 46.5 Å². The summed E-state index contributed by atoms with van der Waals surface area (Å²) in [5, 5.41) is 8.72. The van der Waals surface area contributed by atoms with Crippen LogP contribution >= 0.6 is 11.8 Å². The zero-order valence-electron chi connectivity index (χ0n) is 17.4. The SMILES string of the molecule is CC(C)c1nc(N(C)S(C)(=O)=O)nc(-c2ccc(F)cc2)c1CSc1nncn1C. The van der Waals surface area contributed by atoms with Crippen molar-refractivity contribution in [1.82, 2.24) is 24.7 Å². The first kappa shape index (κ1) is 22.2. The molecule has 0 N–H and O–H groups in total. The van der Waals surface area contributed by atoms with Gasteiger partial charge in [0.25, 0.3) is 0 Å². The smallest absolute Gasteiger partial charge is 0.239 e. The second-order valence-electron chi connectivity index (χ2n) is 7.14. The molecule has 11 heteroatoms. The van der Waals surface area contributed by atoms with E-state index in [4.69, 9.17) is 0 Å². The van der Waals surface area contributed by atoms with Crippen LogP contribution in [0.4, 0.5) is 10.3 Å². The summed E-state index contributed by atoms with van der Waals surface area (Å²) in [7, 11) is -0.280. The van der Waals surface area contributed by atoms with E-state index < -0.39 is 10.0 Å². The second-order valence-corrected chi connectivity index (χ2v) is 10.1. The minimum absolute atomic E-state index is 0.00834. The van der Waals surface area contributed by atoms with Gasteiger partial charge in [0.05, 0.1) is 17.6 Å². The van der Waals surface area contributed by atoms with Crippen molar-refractivity contribution in [2.24, 2.45) is 7.05 Å². The minimum Gasteiger partial charge on any atom is -0.312 e. The zero-order chi connectivity index (χ0) is 22.1. The maximum absolute atomic E-state index is 13.5. The number of hydrogen-bond acceptors (Lipinski definition) is 7. The van der Waals surface area contributed by atoms with Crippen molar-refractivity contribution >= 4 is 27.7 Å². The Morgan fingerprint density at radius 1 is 1.20 bits per heavy atom. The Labute approximate surface area is 179 Å². The molecule has 0 unspecified atom stereocenters. The molecular weight excluding hydrogens is 427 g/mol. The summed E-state index contributed by atoms with van der Waals surface area (Å²) in [6.07, 6.45) is 2.72. The van der Waals surface area contributed by atoms with Gasteiger partial charge in [-0.25, -0.2) is 27.1 Å². The van der Waals surface area contributed by atoms with E-state index in [1.807, 2.05) is 25.5 Å². The number of rotatable bonds is 7. The van der Waals surface area contributed by atoms with Gasteiger partial charge in [0.1, 0.15) is 12.1 Å². The van der Waals surface area contributed by atoms with Crippen molar-refractivity contribution in [3.05, 3.63) is 47.7 Å². The zero-order valence-corrected chi connectivity index (χ0v) is 19.0. The molecule has 0 aliphatic heterocycles. The number of sulfonamides is 1. The maximum Gasteiger partial charge on any atom is 0.239 e. The average Bonchev–Trinajstić information content (AvgIpc) is 3.09. The topological polar surface area (TPSA) is 93.9 Å². The number of halogens is 1. The van der Waals surface area contributed by atoms with Crippen molar-refractivity contribution < 1.29 is 12.8 Å². The van der Waals surface area contributed by atoms with Crippen LogP contribution in [0.5, 0.6) is 0 Å². The fourth-order valence-electron chi connectivity index (χ4n) is 2.78. The van der Waals surface area contributed by atoms with Crippen molar-refractivity contribution in [2.75, 3.05) is 17.6 Å².